The fraction of sp³-hybridized carbons (Fsp3) is 1.00. The molecule has 0 radical (unpaired) electrons. The van der Waals surface area contributed by atoms with E-state index in [-0.39, 0.29) is 29.6 Å². The van der Waals surface area contributed by atoms with E-state index in [0.29, 0.717) is 6.92 Å². The summed E-state index contributed by atoms with van der Waals surface area (Å²) < 4.78 is 39.5. The number of alkyl halides is 1. The Morgan fingerprint density at radius 1 is 1.62 bits per heavy atom. The molecule has 0 aliphatic carbocycles. The van der Waals surface area contributed by atoms with Crippen molar-refractivity contribution in [3.8, 4) is 0 Å². The van der Waals surface area contributed by atoms with Crippen molar-refractivity contribution in [2.75, 3.05) is 0 Å². The summed E-state index contributed by atoms with van der Waals surface area (Å²) in [6.45, 7) is 0.683. The van der Waals surface area contributed by atoms with Crippen LogP contribution in [0.15, 0.2) is 0 Å². The Bertz CT molecular complexity index is 139. The Morgan fingerprint density at radius 3 is 1.75 bits per heavy atom. The van der Waals surface area contributed by atoms with Gasteiger partial charge in [-0.1, -0.05) is 0 Å². The third-order valence-corrected chi connectivity index (χ3v) is 1.19. The first-order chi connectivity index (χ1) is 2.94. The Labute approximate surface area is 69.3 Å². The first kappa shape index (κ1) is 11.6. The molecular weight excluding hydrogens is 146 g/mol. The molecule has 1 atom stereocenters. The summed E-state index contributed by atoms with van der Waals surface area (Å²) in [6, 6.07) is 0. The Balaban J connectivity index is 0. The summed E-state index contributed by atoms with van der Waals surface area (Å²) in [4.78, 5) is 0. The minimum Gasteiger partial charge on any atom is -0.746 e. The summed E-state index contributed by atoms with van der Waals surface area (Å²) in [7, 11) is -4.66. The van der Waals surface area contributed by atoms with E-state index in [1.807, 2.05) is 0 Å². The molecule has 0 N–H and O–H groups in total. The van der Waals surface area contributed by atoms with Crippen LogP contribution in [0.1, 0.15) is 6.92 Å². The SMILES string of the molecule is CC(F)S(=O)(=O)[O-].[Na+]. The van der Waals surface area contributed by atoms with Gasteiger partial charge < -0.3 is 4.55 Å². The molecule has 0 saturated carbocycles. The third kappa shape index (κ3) is 4.99. The fourth-order valence-corrected chi connectivity index (χ4v) is 0. The van der Waals surface area contributed by atoms with E-state index < -0.39 is 15.6 Å². The number of hydrogen-bond acceptors (Lipinski definition) is 3. The zero-order valence-corrected chi connectivity index (χ0v) is 7.40. The maximum absolute atomic E-state index is 11.3. The van der Waals surface area contributed by atoms with E-state index in [1.165, 1.54) is 0 Å². The van der Waals surface area contributed by atoms with E-state index in [4.69, 9.17) is 0 Å². The van der Waals surface area contributed by atoms with Gasteiger partial charge in [0.15, 0.2) is 5.50 Å². The molecule has 0 aromatic rings. The van der Waals surface area contributed by atoms with Crippen LogP contribution in [0.4, 0.5) is 4.39 Å². The van der Waals surface area contributed by atoms with E-state index in [0.717, 1.165) is 0 Å². The molecule has 0 spiro atoms. The van der Waals surface area contributed by atoms with Crippen LogP contribution in [-0.2, 0) is 10.1 Å². The molecule has 0 fully saturated rings. The molecule has 0 aliphatic heterocycles. The molecule has 0 aliphatic rings. The topological polar surface area (TPSA) is 57.2 Å². The molecule has 0 aromatic heterocycles. The van der Waals surface area contributed by atoms with Gasteiger partial charge in [0.1, 0.15) is 10.1 Å². The van der Waals surface area contributed by atoms with Crippen molar-refractivity contribution >= 4 is 10.1 Å². The Kier molecular flexibility index (Phi) is 5.50. The van der Waals surface area contributed by atoms with Crippen molar-refractivity contribution in [1.29, 1.82) is 0 Å². The largest absolute Gasteiger partial charge is 1.00 e. The summed E-state index contributed by atoms with van der Waals surface area (Å²) in [6.07, 6.45) is 0. The van der Waals surface area contributed by atoms with Crippen LogP contribution in [0.2, 0.25) is 0 Å². The molecule has 0 heterocycles. The van der Waals surface area contributed by atoms with Gasteiger partial charge in [-0.15, -0.1) is 0 Å². The Hall–Kier alpha value is 0.840. The predicted octanol–water partition coefficient (Wildman–Crippen LogP) is -3.15. The van der Waals surface area contributed by atoms with Gasteiger partial charge in [-0.2, -0.15) is 0 Å². The molecule has 0 aromatic carbocycles. The second-order valence-electron chi connectivity index (χ2n) is 1.04. The molecule has 0 rings (SSSR count). The van der Waals surface area contributed by atoms with Crippen molar-refractivity contribution in [3.63, 3.8) is 0 Å². The summed E-state index contributed by atoms with van der Waals surface area (Å²) >= 11 is 0. The molecule has 8 heavy (non-hydrogen) atoms. The van der Waals surface area contributed by atoms with Crippen LogP contribution < -0.4 is 29.6 Å². The van der Waals surface area contributed by atoms with Gasteiger partial charge in [0.05, 0.1) is 0 Å². The van der Waals surface area contributed by atoms with Crippen LogP contribution in [-0.4, -0.2) is 18.5 Å². The summed E-state index contributed by atoms with van der Waals surface area (Å²) in [5.41, 5.74) is -2.28. The second-order valence-corrected chi connectivity index (χ2v) is 2.67. The molecular formula is C2H4FNaO3S. The molecule has 44 valence electrons. The molecule has 3 nitrogen and oxygen atoms in total. The van der Waals surface area contributed by atoms with Crippen molar-refractivity contribution in [3.05, 3.63) is 0 Å². The molecule has 0 bridgehead atoms. The van der Waals surface area contributed by atoms with Crippen LogP contribution in [0.5, 0.6) is 0 Å². The van der Waals surface area contributed by atoms with Gasteiger partial charge in [-0.25, -0.2) is 12.8 Å². The zero-order valence-electron chi connectivity index (χ0n) is 4.59. The standard InChI is InChI=1S/C2H5FO3S.Na/c1-2(3)7(4,5)6;/h2H,1H3,(H,4,5,6);/q;+1/p-1. The zero-order chi connectivity index (χ0) is 6.08. The smallest absolute Gasteiger partial charge is 0.746 e. The normalized spacial score (nSPS) is 14.4. The van der Waals surface area contributed by atoms with E-state index >= 15 is 0 Å². The van der Waals surface area contributed by atoms with Crippen molar-refractivity contribution < 1.29 is 46.9 Å². The summed E-state index contributed by atoms with van der Waals surface area (Å²) in [5.74, 6) is 0. The molecule has 0 amide bonds. The maximum Gasteiger partial charge on any atom is 1.00 e. The Morgan fingerprint density at radius 2 is 1.75 bits per heavy atom. The van der Waals surface area contributed by atoms with Crippen LogP contribution in [0.25, 0.3) is 0 Å². The first-order valence-corrected chi connectivity index (χ1v) is 3.00. The monoisotopic (exact) mass is 150 g/mol. The average molecular weight is 150 g/mol. The molecule has 0 saturated heterocycles. The van der Waals surface area contributed by atoms with Crippen LogP contribution in [0.3, 0.4) is 0 Å². The quantitative estimate of drug-likeness (QED) is 0.293. The van der Waals surface area contributed by atoms with Gasteiger partial charge in [0, 0.05) is 0 Å². The van der Waals surface area contributed by atoms with Crippen LogP contribution >= 0.6 is 0 Å². The van der Waals surface area contributed by atoms with Crippen LogP contribution in [0, 0.1) is 0 Å². The summed E-state index contributed by atoms with van der Waals surface area (Å²) in [5, 5.41) is 0. The predicted molar refractivity (Wildman–Crippen MR) is 20.3 cm³/mol. The minimum atomic E-state index is -4.66. The molecule has 1 unspecified atom stereocenters. The van der Waals surface area contributed by atoms with Gasteiger partial charge in [0.25, 0.3) is 0 Å². The average Bonchev–Trinajstić information content (AvgIpc) is 1.31. The second kappa shape index (κ2) is 3.79. The van der Waals surface area contributed by atoms with Gasteiger partial charge >= 0.3 is 29.6 Å². The van der Waals surface area contributed by atoms with Crippen molar-refractivity contribution in [2.45, 2.75) is 12.4 Å². The van der Waals surface area contributed by atoms with E-state index in [2.05, 4.69) is 0 Å². The van der Waals surface area contributed by atoms with Crippen molar-refractivity contribution in [1.82, 2.24) is 0 Å². The fourth-order valence-electron chi connectivity index (χ4n) is 0. The number of halogens is 1. The number of hydrogen-bond donors (Lipinski definition) is 0. The first-order valence-electron chi connectivity index (χ1n) is 1.53. The van der Waals surface area contributed by atoms with Crippen molar-refractivity contribution in [2.24, 2.45) is 0 Å². The van der Waals surface area contributed by atoms with E-state index in [9.17, 15) is 17.4 Å². The number of rotatable bonds is 1. The van der Waals surface area contributed by atoms with E-state index in [1.54, 1.807) is 0 Å². The van der Waals surface area contributed by atoms with Gasteiger partial charge in [-0.05, 0) is 6.92 Å². The van der Waals surface area contributed by atoms with Gasteiger partial charge in [-0.3, -0.25) is 0 Å². The van der Waals surface area contributed by atoms with Gasteiger partial charge in [0.2, 0.25) is 0 Å². The maximum atomic E-state index is 11.3. The molecule has 6 heteroatoms. The minimum absolute atomic E-state index is 0. The third-order valence-electron chi connectivity index (χ3n) is 0.398.